The Kier molecular flexibility index (Phi) is 6.98. The summed E-state index contributed by atoms with van der Waals surface area (Å²) in [6.45, 7) is 6.13. The van der Waals surface area contributed by atoms with E-state index in [9.17, 15) is 9.90 Å². The van der Waals surface area contributed by atoms with Gasteiger partial charge in [-0.2, -0.15) is 0 Å². The summed E-state index contributed by atoms with van der Waals surface area (Å²) in [6.07, 6.45) is 1.77. The summed E-state index contributed by atoms with van der Waals surface area (Å²) >= 11 is 1.79. The Bertz CT molecular complexity index is 760. The second-order valence-electron chi connectivity index (χ2n) is 8.17. The van der Waals surface area contributed by atoms with Gasteiger partial charge in [0.2, 0.25) is 5.91 Å². The summed E-state index contributed by atoms with van der Waals surface area (Å²) in [5.74, 6) is 0.185. The second kappa shape index (κ2) is 9.85. The van der Waals surface area contributed by atoms with Gasteiger partial charge in [-0.05, 0) is 36.4 Å². The van der Waals surface area contributed by atoms with Crippen LogP contribution in [0.5, 0.6) is 0 Å². The van der Waals surface area contributed by atoms with E-state index in [0.717, 1.165) is 58.7 Å². The number of likely N-dealkylation sites (tertiary alicyclic amines) is 1. The molecule has 1 aromatic heterocycles. The van der Waals surface area contributed by atoms with E-state index < -0.39 is 6.10 Å². The molecule has 2 unspecified atom stereocenters. The quantitative estimate of drug-likeness (QED) is 0.791. The van der Waals surface area contributed by atoms with Crippen molar-refractivity contribution in [2.75, 3.05) is 32.7 Å². The zero-order valence-corrected chi connectivity index (χ0v) is 17.8. The van der Waals surface area contributed by atoms with Gasteiger partial charge in [0.05, 0.1) is 6.10 Å². The molecule has 6 heteroatoms. The van der Waals surface area contributed by atoms with E-state index in [-0.39, 0.29) is 11.9 Å². The summed E-state index contributed by atoms with van der Waals surface area (Å²) in [6, 6.07) is 14.5. The van der Waals surface area contributed by atoms with E-state index in [1.165, 1.54) is 10.4 Å². The average molecular weight is 414 g/mol. The number of carbonyl (C=O) groups is 1. The molecule has 2 aliphatic rings. The Morgan fingerprint density at radius 1 is 1.00 bits per heavy atom. The van der Waals surface area contributed by atoms with Crippen LogP contribution in [0.2, 0.25) is 0 Å². The van der Waals surface area contributed by atoms with E-state index in [1.54, 1.807) is 11.3 Å². The number of hydrogen-bond donors (Lipinski definition) is 1. The number of thiophene rings is 1. The topological polar surface area (TPSA) is 47.0 Å². The van der Waals surface area contributed by atoms with Crippen LogP contribution >= 0.6 is 11.3 Å². The molecule has 0 aliphatic carbocycles. The van der Waals surface area contributed by atoms with Crippen LogP contribution in [0.15, 0.2) is 47.8 Å². The number of nitrogens with zero attached hydrogens (tertiary/aromatic N) is 3. The number of hydrogen-bond acceptors (Lipinski definition) is 5. The first-order valence-electron chi connectivity index (χ1n) is 10.7. The van der Waals surface area contributed by atoms with E-state index in [4.69, 9.17) is 0 Å². The van der Waals surface area contributed by atoms with Gasteiger partial charge in [-0.3, -0.25) is 14.6 Å². The van der Waals surface area contributed by atoms with Crippen LogP contribution in [0.1, 0.15) is 29.7 Å². The van der Waals surface area contributed by atoms with Gasteiger partial charge in [0.15, 0.2) is 0 Å². The molecule has 2 atom stereocenters. The van der Waals surface area contributed by atoms with Crippen molar-refractivity contribution in [1.29, 1.82) is 0 Å². The molecule has 0 bridgehead atoms. The fourth-order valence-corrected chi connectivity index (χ4v) is 5.22. The fourth-order valence-electron chi connectivity index (χ4n) is 4.47. The smallest absolute Gasteiger partial charge is 0.224 e. The molecule has 1 aromatic carbocycles. The van der Waals surface area contributed by atoms with Crippen LogP contribution in [-0.4, -0.2) is 70.6 Å². The van der Waals surface area contributed by atoms with Crippen molar-refractivity contribution in [3.8, 4) is 0 Å². The molecule has 29 heavy (non-hydrogen) atoms. The highest BCUT2D eigenvalue weighted by Gasteiger charge is 2.33. The molecule has 4 rings (SSSR count). The third-order valence-corrected chi connectivity index (χ3v) is 7.02. The Labute approximate surface area is 177 Å². The van der Waals surface area contributed by atoms with Crippen LogP contribution in [0.4, 0.5) is 0 Å². The Morgan fingerprint density at radius 2 is 1.79 bits per heavy atom. The molecule has 5 nitrogen and oxygen atoms in total. The minimum Gasteiger partial charge on any atom is -0.391 e. The highest BCUT2D eigenvalue weighted by molar-refractivity contribution is 7.09. The van der Waals surface area contributed by atoms with Crippen molar-refractivity contribution in [2.45, 2.75) is 44.5 Å². The largest absolute Gasteiger partial charge is 0.391 e. The van der Waals surface area contributed by atoms with E-state index in [1.807, 2.05) is 23.1 Å². The van der Waals surface area contributed by atoms with Crippen molar-refractivity contribution in [2.24, 2.45) is 0 Å². The molecule has 0 radical (unpaired) electrons. The van der Waals surface area contributed by atoms with Crippen molar-refractivity contribution >= 4 is 17.2 Å². The predicted molar refractivity (Wildman–Crippen MR) is 117 cm³/mol. The van der Waals surface area contributed by atoms with Crippen molar-refractivity contribution in [1.82, 2.24) is 14.7 Å². The first kappa shape index (κ1) is 20.5. The lowest BCUT2D eigenvalue weighted by molar-refractivity contribution is -0.136. The predicted octanol–water partition coefficient (Wildman–Crippen LogP) is 2.81. The van der Waals surface area contributed by atoms with Gasteiger partial charge in [-0.1, -0.05) is 36.4 Å². The van der Waals surface area contributed by atoms with Crippen LogP contribution in [0.3, 0.4) is 0 Å². The maximum absolute atomic E-state index is 13.0. The van der Waals surface area contributed by atoms with Crippen LogP contribution in [-0.2, 0) is 17.9 Å². The highest BCUT2D eigenvalue weighted by Crippen LogP contribution is 2.24. The van der Waals surface area contributed by atoms with Crippen LogP contribution in [0, 0.1) is 0 Å². The SMILES string of the molecule is O=C(CC1C(O)CCCN1Cc1ccccc1)N1CCN(Cc2cccs2)CC1. The molecule has 1 N–H and O–H groups in total. The molecule has 2 aliphatic heterocycles. The third-order valence-electron chi connectivity index (χ3n) is 6.16. The van der Waals surface area contributed by atoms with Crippen molar-refractivity contribution < 1.29 is 9.90 Å². The minimum atomic E-state index is -0.420. The first-order chi connectivity index (χ1) is 14.2. The molecule has 0 spiro atoms. The monoisotopic (exact) mass is 413 g/mol. The van der Waals surface area contributed by atoms with Crippen LogP contribution in [0.25, 0.3) is 0 Å². The standard InChI is InChI=1S/C23H31N3O2S/c27-22-9-4-10-26(17-19-6-2-1-3-7-19)21(22)16-23(28)25-13-11-24(12-14-25)18-20-8-5-15-29-20/h1-3,5-8,15,21-22,27H,4,9-14,16-18H2. The van der Waals surface area contributed by atoms with Crippen molar-refractivity contribution in [3.05, 3.63) is 58.3 Å². The molecule has 2 aromatic rings. The van der Waals surface area contributed by atoms with E-state index in [0.29, 0.717) is 6.42 Å². The molecular formula is C23H31N3O2S. The lowest BCUT2D eigenvalue weighted by Gasteiger charge is -2.41. The summed E-state index contributed by atoms with van der Waals surface area (Å²) in [4.78, 5) is 21.1. The number of piperidine rings is 1. The maximum Gasteiger partial charge on any atom is 0.224 e. The zero-order chi connectivity index (χ0) is 20.1. The Balaban J connectivity index is 1.31. The molecular weight excluding hydrogens is 382 g/mol. The highest BCUT2D eigenvalue weighted by atomic mass is 32.1. The van der Waals surface area contributed by atoms with Gasteiger partial charge >= 0.3 is 0 Å². The number of aliphatic hydroxyl groups is 1. The molecule has 3 heterocycles. The molecule has 1 amide bonds. The zero-order valence-electron chi connectivity index (χ0n) is 16.9. The Hall–Kier alpha value is -1.73. The number of piperazine rings is 1. The minimum absolute atomic E-state index is 0.0828. The number of aliphatic hydroxyl groups excluding tert-OH is 1. The molecule has 156 valence electrons. The van der Waals surface area contributed by atoms with Crippen molar-refractivity contribution in [3.63, 3.8) is 0 Å². The van der Waals surface area contributed by atoms with E-state index in [2.05, 4.69) is 39.4 Å². The van der Waals surface area contributed by atoms with Gasteiger partial charge < -0.3 is 10.0 Å². The third kappa shape index (κ3) is 5.45. The summed E-state index contributed by atoms with van der Waals surface area (Å²) in [5.41, 5.74) is 1.24. The second-order valence-corrected chi connectivity index (χ2v) is 9.21. The van der Waals surface area contributed by atoms with Gasteiger partial charge in [0.25, 0.3) is 0 Å². The van der Waals surface area contributed by atoms with Crippen LogP contribution < -0.4 is 0 Å². The summed E-state index contributed by atoms with van der Waals surface area (Å²) in [7, 11) is 0. The summed E-state index contributed by atoms with van der Waals surface area (Å²) < 4.78 is 0. The number of amides is 1. The van der Waals surface area contributed by atoms with E-state index >= 15 is 0 Å². The Morgan fingerprint density at radius 3 is 2.52 bits per heavy atom. The lowest BCUT2D eigenvalue weighted by atomic mass is 9.94. The van der Waals surface area contributed by atoms with Gasteiger partial charge in [-0.25, -0.2) is 0 Å². The van der Waals surface area contributed by atoms with Gasteiger partial charge in [0, 0.05) is 56.6 Å². The molecule has 2 fully saturated rings. The summed E-state index contributed by atoms with van der Waals surface area (Å²) in [5, 5.41) is 12.7. The van der Waals surface area contributed by atoms with Gasteiger partial charge in [0.1, 0.15) is 0 Å². The first-order valence-corrected chi connectivity index (χ1v) is 11.6. The normalized spacial score (nSPS) is 24.0. The fraction of sp³-hybridized carbons (Fsp3) is 0.522. The lowest BCUT2D eigenvalue weighted by Crippen LogP contribution is -2.53. The molecule has 2 saturated heterocycles. The average Bonchev–Trinajstić information content (AvgIpc) is 3.25. The number of benzene rings is 1. The molecule has 0 saturated carbocycles. The number of rotatable bonds is 6. The maximum atomic E-state index is 13.0. The number of carbonyl (C=O) groups excluding carboxylic acids is 1. The van der Waals surface area contributed by atoms with Gasteiger partial charge in [-0.15, -0.1) is 11.3 Å².